The van der Waals surface area contributed by atoms with Crippen molar-refractivity contribution in [1.29, 1.82) is 0 Å². The van der Waals surface area contributed by atoms with Crippen LogP contribution in [0, 0.1) is 6.92 Å². The Kier molecular flexibility index (Phi) is 9.37. The van der Waals surface area contributed by atoms with Gasteiger partial charge in [0.05, 0.1) is 22.3 Å². The maximum Gasteiger partial charge on any atom is 0.266 e. The summed E-state index contributed by atoms with van der Waals surface area (Å²) >= 11 is 7.80. The number of benzene rings is 2. The van der Waals surface area contributed by atoms with Crippen LogP contribution in [0.25, 0.3) is 10.2 Å². The summed E-state index contributed by atoms with van der Waals surface area (Å²) in [5.74, 6) is 0.962. The molecule has 1 amide bonds. The molecular formula is C22H27Cl2N3O3S. The van der Waals surface area contributed by atoms with Crippen LogP contribution in [0.1, 0.15) is 12.0 Å². The maximum atomic E-state index is 13.1. The first-order chi connectivity index (χ1) is 14.4. The van der Waals surface area contributed by atoms with Crippen LogP contribution in [0.5, 0.6) is 11.5 Å². The number of hydrogen-bond acceptors (Lipinski definition) is 6. The van der Waals surface area contributed by atoms with E-state index in [1.165, 1.54) is 11.3 Å². The number of aromatic nitrogens is 1. The van der Waals surface area contributed by atoms with E-state index in [1.807, 2.05) is 45.3 Å². The van der Waals surface area contributed by atoms with Gasteiger partial charge in [-0.15, -0.1) is 12.4 Å². The number of hydrogen-bond donors (Lipinski definition) is 0. The number of ether oxygens (including phenoxy) is 2. The van der Waals surface area contributed by atoms with Gasteiger partial charge in [0.2, 0.25) is 0 Å². The van der Waals surface area contributed by atoms with Crippen molar-refractivity contribution >= 4 is 56.6 Å². The van der Waals surface area contributed by atoms with Gasteiger partial charge in [-0.1, -0.05) is 41.1 Å². The smallest absolute Gasteiger partial charge is 0.266 e. The van der Waals surface area contributed by atoms with E-state index < -0.39 is 0 Å². The minimum Gasteiger partial charge on any atom is -0.493 e. The first-order valence-electron chi connectivity index (χ1n) is 9.67. The first-order valence-corrected chi connectivity index (χ1v) is 10.9. The Balaban J connectivity index is 0.00000341. The fraction of sp³-hybridized carbons (Fsp3) is 0.364. The predicted molar refractivity (Wildman–Crippen MR) is 131 cm³/mol. The quantitative estimate of drug-likeness (QED) is 0.426. The molecule has 1 heterocycles. The predicted octanol–water partition coefficient (Wildman–Crippen LogP) is 5.05. The SMILES string of the molecule is COc1ccccc1OCC(=O)N(CCCN(C)C)c1nc2c(C)ccc(Cl)c2s1.Cl. The van der Waals surface area contributed by atoms with Gasteiger partial charge in [0.15, 0.2) is 23.2 Å². The summed E-state index contributed by atoms with van der Waals surface area (Å²) in [6, 6.07) is 11.1. The normalized spacial score (nSPS) is 10.8. The molecular weight excluding hydrogens is 457 g/mol. The van der Waals surface area contributed by atoms with E-state index in [2.05, 4.69) is 4.90 Å². The van der Waals surface area contributed by atoms with E-state index in [1.54, 1.807) is 24.1 Å². The monoisotopic (exact) mass is 483 g/mol. The zero-order chi connectivity index (χ0) is 21.7. The lowest BCUT2D eigenvalue weighted by atomic mass is 10.2. The highest BCUT2D eigenvalue weighted by molar-refractivity contribution is 7.23. The third kappa shape index (κ3) is 6.23. The Morgan fingerprint density at radius 3 is 2.48 bits per heavy atom. The number of fused-ring (bicyclic) bond motifs is 1. The average Bonchev–Trinajstić information content (AvgIpc) is 3.18. The number of nitrogens with zero attached hydrogens (tertiary/aromatic N) is 3. The molecule has 31 heavy (non-hydrogen) atoms. The second-order valence-electron chi connectivity index (χ2n) is 7.18. The van der Waals surface area contributed by atoms with E-state index >= 15 is 0 Å². The molecule has 3 rings (SSSR count). The van der Waals surface area contributed by atoms with Gasteiger partial charge in [0, 0.05) is 6.54 Å². The minimum atomic E-state index is -0.160. The number of thiazole rings is 1. The van der Waals surface area contributed by atoms with Gasteiger partial charge in [-0.25, -0.2) is 4.98 Å². The number of rotatable bonds is 9. The van der Waals surface area contributed by atoms with Crippen molar-refractivity contribution < 1.29 is 14.3 Å². The Labute approximate surface area is 198 Å². The summed E-state index contributed by atoms with van der Waals surface area (Å²) < 4.78 is 12.0. The van der Waals surface area contributed by atoms with Crippen molar-refractivity contribution in [3.05, 3.63) is 47.0 Å². The van der Waals surface area contributed by atoms with Gasteiger partial charge in [-0.2, -0.15) is 0 Å². The summed E-state index contributed by atoms with van der Waals surface area (Å²) in [6.07, 6.45) is 0.816. The number of para-hydroxylation sites is 2. The van der Waals surface area contributed by atoms with Gasteiger partial charge in [0.1, 0.15) is 0 Å². The maximum absolute atomic E-state index is 13.1. The fourth-order valence-corrected chi connectivity index (χ4v) is 4.39. The summed E-state index contributed by atoms with van der Waals surface area (Å²) in [4.78, 5) is 21.6. The van der Waals surface area contributed by atoms with E-state index in [9.17, 15) is 4.79 Å². The van der Waals surface area contributed by atoms with Crippen LogP contribution in [0.4, 0.5) is 5.13 Å². The molecule has 2 aromatic carbocycles. The molecule has 3 aromatic rings. The molecule has 0 saturated carbocycles. The molecule has 0 fully saturated rings. The van der Waals surface area contributed by atoms with E-state index in [0.29, 0.717) is 28.2 Å². The molecule has 0 atom stereocenters. The largest absolute Gasteiger partial charge is 0.493 e. The molecule has 0 aliphatic rings. The van der Waals surface area contributed by atoms with Crippen LogP contribution in [-0.2, 0) is 4.79 Å². The molecule has 0 spiro atoms. The van der Waals surface area contributed by atoms with Crippen LogP contribution in [0.15, 0.2) is 36.4 Å². The molecule has 6 nitrogen and oxygen atoms in total. The zero-order valence-corrected chi connectivity index (χ0v) is 20.4. The molecule has 1 aromatic heterocycles. The lowest BCUT2D eigenvalue weighted by Crippen LogP contribution is -2.36. The van der Waals surface area contributed by atoms with Crippen LogP contribution >= 0.6 is 35.3 Å². The van der Waals surface area contributed by atoms with Gasteiger partial charge in [-0.05, 0) is 57.7 Å². The highest BCUT2D eigenvalue weighted by Crippen LogP contribution is 2.36. The Hall–Kier alpha value is -2.06. The minimum absolute atomic E-state index is 0. The molecule has 0 bridgehead atoms. The lowest BCUT2D eigenvalue weighted by Gasteiger charge is -2.21. The summed E-state index contributed by atoms with van der Waals surface area (Å²) in [5.41, 5.74) is 1.86. The summed E-state index contributed by atoms with van der Waals surface area (Å²) in [7, 11) is 5.60. The summed E-state index contributed by atoms with van der Waals surface area (Å²) in [5, 5.41) is 1.28. The molecule has 9 heteroatoms. The highest BCUT2D eigenvalue weighted by atomic mass is 35.5. The van der Waals surface area contributed by atoms with E-state index in [0.717, 1.165) is 28.7 Å². The number of aryl methyl sites for hydroxylation is 1. The van der Waals surface area contributed by atoms with Crippen LogP contribution in [0.2, 0.25) is 5.02 Å². The highest BCUT2D eigenvalue weighted by Gasteiger charge is 2.22. The molecule has 0 saturated heterocycles. The third-order valence-electron chi connectivity index (χ3n) is 4.63. The van der Waals surface area contributed by atoms with Gasteiger partial charge >= 0.3 is 0 Å². The lowest BCUT2D eigenvalue weighted by molar-refractivity contribution is -0.120. The molecule has 0 unspecified atom stereocenters. The second-order valence-corrected chi connectivity index (χ2v) is 8.56. The Bertz CT molecular complexity index is 987. The molecule has 168 valence electrons. The van der Waals surface area contributed by atoms with Gasteiger partial charge in [0.25, 0.3) is 5.91 Å². The van der Waals surface area contributed by atoms with Crippen molar-refractivity contribution in [3.8, 4) is 11.5 Å². The van der Waals surface area contributed by atoms with Crippen molar-refractivity contribution in [3.63, 3.8) is 0 Å². The van der Waals surface area contributed by atoms with Crippen LogP contribution < -0.4 is 14.4 Å². The molecule has 0 N–H and O–H groups in total. The molecule has 0 aliphatic carbocycles. The Morgan fingerprint density at radius 2 is 1.84 bits per heavy atom. The van der Waals surface area contributed by atoms with Crippen molar-refractivity contribution in [2.75, 3.05) is 45.8 Å². The van der Waals surface area contributed by atoms with E-state index in [4.69, 9.17) is 26.1 Å². The molecule has 0 radical (unpaired) electrons. The van der Waals surface area contributed by atoms with Crippen LogP contribution in [0.3, 0.4) is 0 Å². The van der Waals surface area contributed by atoms with Crippen molar-refractivity contribution in [2.45, 2.75) is 13.3 Å². The second kappa shape index (κ2) is 11.5. The topological polar surface area (TPSA) is 54.9 Å². The van der Waals surface area contributed by atoms with E-state index in [-0.39, 0.29) is 24.9 Å². The third-order valence-corrected chi connectivity index (χ3v) is 6.16. The zero-order valence-electron chi connectivity index (χ0n) is 18.1. The molecule has 0 aliphatic heterocycles. The van der Waals surface area contributed by atoms with Gasteiger partial charge < -0.3 is 14.4 Å². The average molecular weight is 484 g/mol. The van der Waals surface area contributed by atoms with Crippen molar-refractivity contribution in [1.82, 2.24) is 9.88 Å². The van der Waals surface area contributed by atoms with Crippen molar-refractivity contribution in [2.24, 2.45) is 0 Å². The number of carbonyl (C=O) groups is 1. The van der Waals surface area contributed by atoms with Crippen LogP contribution in [-0.4, -0.2) is 56.7 Å². The fourth-order valence-electron chi connectivity index (χ4n) is 3.03. The number of anilines is 1. The number of amides is 1. The number of carbonyl (C=O) groups excluding carboxylic acids is 1. The standard InChI is InChI=1S/C22H26ClN3O3S.ClH/c1-15-10-11-16(23)21-20(15)24-22(30-21)26(13-7-12-25(2)3)19(27)14-29-18-9-6-5-8-17(18)28-4;/h5-6,8-11H,7,12-14H2,1-4H3;1H. The summed E-state index contributed by atoms with van der Waals surface area (Å²) in [6.45, 7) is 3.29. The number of methoxy groups -OCH3 is 1. The first kappa shape index (κ1) is 25.2. The Morgan fingerprint density at radius 1 is 1.13 bits per heavy atom. The van der Waals surface area contributed by atoms with Gasteiger partial charge in [-0.3, -0.25) is 9.69 Å². The number of halogens is 2.